The molecule has 0 aliphatic heterocycles. The van der Waals surface area contributed by atoms with Crippen molar-refractivity contribution in [3.63, 3.8) is 0 Å². The van der Waals surface area contributed by atoms with Crippen LogP contribution < -0.4 is 0 Å². The van der Waals surface area contributed by atoms with E-state index in [1.165, 1.54) is 0 Å². The molecule has 6 nitrogen and oxygen atoms in total. The van der Waals surface area contributed by atoms with Gasteiger partial charge in [0.1, 0.15) is 13.2 Å². The normalized spacial score (nSPS) is 13.0. The second-order valence-corrected chi connectivity index (χ2v) is 13.8. The van der Waals surface area contributed by atoms with Crippen molar-refractivity contribution in [2.24, 2.45) is 0 Å². The van der Waals surface area contributed by atoms with Crippen LogP contribution in [0.3, 0.4) is 0 Å². The van der Waals surface area contributed by atoms with Gasteiger partial charge >= 0.3 is 17.9 Å². The van der Waals surface area contributed by atoms with E-state index in [-0.39, 0.29) is 37.5 Å². The molecule has 0 bridgehead atoms. The molecule has 0 rings (SSSR count). The molecule has 0 amide bonds. The van der Waals surface area contributed by atoms with E-state index in [1.54, 1.807) is 0 Å². The molecule has 0 spiro atoms. The van der Waals surface area contributed by atoms with Crippen molar-refractivity contribution in [3.05, 3.63) is 97.2 Å². The number of carbonyl (C=O) groups is 3. The van der Waals surface area contributed by atoms with E-state index < -0.39 is 6.10 Å². The Morgan fingerprint density at radius 3 is 1.09 bits per heavy atom. The van der Waals surface area contributed by atoms with Gasteiger partial charge in [0.25, 0.3) is 0 Å². The molecule has 0 aliphatic rings. The Hall–Kier alpha value is -3.67. The lowest BCUT2D eigenvalue weighted by Crippen LogP contribution is -2.30. The molecular weight excluding hydrogens is 685 g/mol. The minimum atomic E-state index is -0.812. The van der Waals surface area contributed by atoms with Crippen LogP contribution in [0.5, 0.6) is 0 Å². The second-order valence-electron chi connectivity index (χ2n) is 13.8. The van der Waals surface area contributed by atoms with Gasteiger partial charge in [-0.3, -0.25) is 14.4 Å². The molecule has 0 fully saturated rings. The lowest BCUT2D eigenvalue weighted by atomic mass is 10.1. The molecule has 6 heteroatoms. The fourth-order valence-corrected chi connectivity index (χ4v) is 5.40. The Kier molecular flexibility index (Phi) is 40.2. The van der Waals surface area contributed by atoms with Crippen LogP contribution in [0.25, 0.3) is 0 Å². The summed E-state index contributed by atoms with van der Waals surface area (Å²) in [5.74, 6) is -1.02. The lowest BCUT2D eigenvalue weighted by molar-refractivity contribution is -0.167. The summed E-state index contributed by atoms with van der Waals surface area (Å²) in [6.07, 6.45) is 55.4. The van der Waals surface area contributed by atoms with Crippen molar-refractivity contribution in [2.75, 3.05) is 13.2 Å². The molecule has 0 N–H and O–H groups in total. The number of rotatable bonds is 37. The SMILES string of the molecule is CC/C=C\C/C=C\C/C=C\CCCCCCC(=O)OCC(COC(=O)CCC/C=C\C/C=C\C/C=C\CC)OC(=O)CCCCCCC/C=C\C/C=C\CC. The van der Waals surface area contributed by atoms with Crippen LogP contribution in [0.1, 0.15) is 175 Å². The minimum Gasteiger partial charge on any atom is -0.462 e. The van der Waals surface area contributed by atoms with Gasteiger partial charge in [-0.05, 0) is 103 Å². The summed E-state index contributed by atoms with van der Waals surface area (Å²) in [4.78, 5) is 37.6. The largest absolute Gasteiger partial charge is 0.462 e. The summed E-state index contributed by atoms with van der Waals surface area (Å²) >= 11 is 0. The van der Waals surface area contributed by atoms with E-state index in [0.29, 0.717) is 19.3 Å². The first-order valence-corrected chi connectivity index (χ1v) is 21.7. The van der Waals surface area contributed by atoms with Crippen molar-refractivity contribution in [2.45, 2.75) is 181 Å². The molecule has 0 aromatic carbocycles. The third kappa shape index (κ3) is 41.3. The number of unbranched alkanes of at least 4 members (excludes halogenated alkanes) is 10. The van der Waals surface area contributed by atoms with Gasteiger partial charge in [0, 0.05) is 19.3 Å². The Balaban J connectivity index is 4.52. The Morgan fingerprint density at radius 1 is 0.364 bits per heavy atom. The number of hydrogen-bond donors (Lipinski definition) is 0. The second kappa shape index (κ2) is 43.1. The zero-order valence-electron chi connectivity index (χ0n) is 35.1. The highest BCUT2D eigenvalue weighted by molar-refractivity contribution is 5.71. The maximum atomic E-state index is 12.7. The van der Waals surface area contributed by atoms with Gasteiger partial charge in [0.05, 0.1) is 0 Å². The maximum Gasteiger partial charge on any atom is 0.306 e. The number of carbonyl (C=O) groups excluding carboxylic acids is 3. The summed E-state index contributed by atoms with van der Waals surface area (Å²) in [6.45, 7) is 6.18. The molecule has 0 radical (unpaired) electrons. The molecule has 1 unspecified atom stereocenters. The molecule has 1 atom stereocenters. The Morgan fingerprint density at radius 2 is 0.673 bits per heavy atom. The van der Waals surface area contributed by atoms with Gasteiger partial charge in [-0.25, -0.2) is 0 Å². The van der Waals surface area contributed by atoms with Crippen LogP contribution in [0.15, 0.2) is 97.2 Å². The van der Waals surface area contributed by atoms with Crippen molar-refractivity contribution in [1.82, 2.24) is 0 Å². The van der Waals surface area contributed by atoms with Crippen molar-refractivity contribution < 1.29 is 28.6 Å². The first-order valence-electron chi connectivity index (χ1n) is 21.7. The highest BCUT2D eigenvalue weighted by Crippen LogP contribution is 2.12. The van der Waals surface area contributed by atoms with Crippen LogP contribution in [-0.2, 0) is 28.6 Å². The molecule has 0 saturated carbocycles. The van der Waals surface area contributed by atoms with Gasteiger partial charge in [-0.1, -0.05) is 150 Å². The predicted molar refractivity (Wildman–Crippen MR) is 233 cm³/mol. The monoisotopic (exact) mass is 763 g/mol. The summed E-state index contributed by atoms with van der Waals surface area (Å²) < 4.78 is 16.6. The van der Waals surface area contributed by atoms with Crippen LogP contribution in [0, 0.1) is 0 Å². The summed E-state index contributed by atoms with van der Waals surface area (Å²) in [5, 5.41) is 0. The van der Waals surface area contributed by atoms with E-state index in [2.05, 4.69) is 118 Å². The summed E-state index contributed by atoms with van der Waals surface area (Å²) in [7, 11) is 0. The fraction of sp³-hybridized carbons (Fsp3) is 0.612. The van der Waals surface area contributed by atoms with Crippen molar-refractivity contribution in [1.29, 1.82) is 0 Å². The van der Waals surface area contributed by atoms with Gasteiger partial charge in [-0.15, -0.1) is 0 Å². The standard InChI is InChI=1S/C49H78O6/c1-4-7-10-13-16-19-22-24-25-28-30-33-36-39-42-48(51)54-45-46(44-53-47(50)41-38-35-32-29-26-21-18-15-12-9-6-3)55-49(52)43-40-37-34-31-27-23-20-17-14-11-8-5-2/h7-12,16-21,24-25,29,32,46H,4-6,13-15,22-23,26-28,30-31,33-45H2,1-3H3/b10-7-,11-8-,12-9-,19-16-,20-17-,21-18-,25-24-,32-29-. The van der Waals surface area contributed by atoms with Crippen molar-refractivity contribution in [3.8, 4) is 0 Å². The Labute approximate surface area is 337 Å². The highest BCUT2D eigenvalue weighted by atomic mass is 16.6. The zero-order valence-corrected chi connectivity index (χ0v) is 35.1. The van der Waals surface area contributed by atoms with Crippen molar-refractivity contribution >= 4 is 17.9 Å². The van der Waals surface area contributed by atoms with Crippen LogP contribution in [-0.4, -0.2) is 37.2 Å². The number of ether oxygens (including phenoxy) is 3. The quantitative estimate of drug-likeness (QED) is 0.0271. The molecule has 0 heterocycles. The third-order valence-corrected chi connectivity index (χ3v) is 8.56. The van der Waals surface area contributed by atoms with Crippen LogP contribution >= 0.6 is 0 Å². The summed E-state index contributed by atoms with van der Waals surface area (Å²) in [5.41, 5.74) is 0. The minimum absolute atomic E-state index is 0.113. The summed E-state index contributed by atoms with van der Waals surface area (Å²) in [6, 6.07) is 0. The maximum absolute atomic E-state index is 12.7. The molecule has 0 aromatic heterocycles. The van der Waals surface area contributed by atoms with E-state index in [9.17, 15) is 14.4 Å². The van der Waals surface area contributed by atoms with Gasteiger partial charge in [0.2, 0.25) is 0 Å². The van der Waals surface area contributed by atoms with Gasteiger partial charge < -0.3 is 14.2 Å². The fourth-order valence-electron chi connectivity index (χ4n) is 5.40. The van der Waals surface area contributed by atoms with E-state index in [0.717, 1.165) is 128 Å². The van der Waals surface area contributed by atoms with Gasteiger partial charge in [-0.2, -0.15) is 0 Å². The smallest absolute Gasteiger partial charge is 0.306 e. The molecule has 310 valence electrons. The average Bonchev–Trinajstić information content (AvgIpc) is 3.18. The van der Waals surface area contributed by atoms with E-state index in [1.807, 2.05) is 0 Å². The van der Waals surface area contributed by atoms with Gasteiger partial charge in [0.15, 0.2) is 6.10 Å². The zero-order chi connectivity index (χ0) is 40.1. The first kappa shape index (κ1) is 51.3. The number of hydrogen-bond acceptors (Lipinski definition) is 6. The highest BCUT2D eigenvalue weighted by Gasteiger charge is 2.19. The third-order valence-electron chi connectivity index (χ3n) is 8.56. The molecule has 0 saturated heterocycles. The molecule has 0 aromatic rings. The van der Waals surface area contributed by atoms with Crippen LogP contribution in [0.2, 0.25) is 0 Å². The predicted octanol–water partition coefficient (Wildman–Crippen LogP) is 13.9. The lowest BCUT2D eigenvalue weighted by Gasteiger charge is -2.18. The number of allylic oxidation sites excluding steroid dienone is 16. The first-order chi connectivity index (χ1) is 27.0. The molecule has 0 aliphatic carbocycles. The van der Waals surface area contributed by atoms with Crippen LogP contribution in [0.4, 0.5) is 0 Å². The van der Waals surface area contributed by atoms with E-state index >= 15 is 0 Å². The van der Waals surface area contributed by atoms with E-state index in [4.69, 9.17) is 14.2 Å². The topological polar surface area (TPSA) is 78.9 Å². The molecular formula is C49H78O6. The molecule has 55 heavy (non-hydrogen) atoms. The number of esters is 3. The Bertz CT molecular complexity index is 1150. The average molecular weight is 763 g/mol.